The molecule has 0 radical (unpaired) electrons. The van der Waals surface area contributed by atoms with Crippen molar-refractivity contribution in [2.75, 3.05) is 13.9 Å². The summed E-state index contributed by atoms with van der Waals surface area (Å²) in [4.78, 5) is 28.0. The summed E-state index contributed by atoms with van der Waals surface area (Å²) in [6.07, 6.45) is 3.24. The maximum Gasteiger partial charge on any atom is 0.341 e. The molecule has 4 rings (SSSR count). The summed E-state index contributed by atoms with van der Waals surface area (Å²) < 4.78 is 17.0. The average Bonchev–Trinajstić information content (AvgIpc) is 3.23. The number of aromatic carboxylic acids is 1. The lowest BCUT2D eigenvalue weighted by atomic mass is 10.0. The van der Waals surface area contributed by atoms with Gasteiger partial charge in [0.25, 0.3) is 0 Å². The highest BCUT2D eigenvalue weighted by atomic mass is 16.7. The maximum atomic E-state index is 12.0. The molecule has 1 aromatic carbocycles. The SMILES string of the molecule is COC(=O)c1cc(-c2cc3c(cc2C(=O)O)OCO3)n2cccnc12. The third-order valence-electron chi connectivity index (χ3n) is 3.95. The van der Waals surface area contributed by atoms with Crippen molar-refractivity contribution in [3.63, 3.8) is 0 Å². The zero-order valence-electron chi connectivity index (χ0n) is 13.1. The largest absolute Gasteiger partial charge is 0.478 e. The highest BCUT2D eigenvalue weighted by molar-refractivity contribution is 6.01. The second-order valence-electron chi connectivity index (χ2n) is 5.30. The van der Waals surface area contributed by atoms with Crippen LogP contribution in [0.25, 0.3) is 16.9 Å². The second-order valence-corrected chi connectivity index (χ2v) is 5.30. The van der Waals surface area contributed by atoms with E-state index in [1.54, 1.807) is 35.0 Å². The lowest BCUT2D eigenvalue weighted by Crippen LogP contribution is -2.01. The van der Waals surface area contributed by atoms with Gasteiger partial charge >= 0.3 is 11.9 Å². The normalized spacial score (nSPS) is 12.4. The molecule has 126 valence electrons. The van der Waals surface area contributed by atoms with Crippen LogP contribution in [0.2, 0.25) is 0 Å². The lowest BCUT2D eigenvalue weighted by molar-refractivity contribution is 0.0602. The monoisotopic (exact) mass is 340 g/mol. The minimum Gasteiger partial charge on any atom is -0.478 e. The maximum absolute atomic E-state index is 12.0. The number of hydrogen-bond donors (Lipinski definition) is 1. The molecule has 0 saturated carbocycles. The van der Waals surface area contributed by atoms with Gasteiger partial charge in [0.05, 0.1) is 18.4 Å². The Hall–Kier alpha value is -3.55. The van der Waals surface area contributed by atoms with Crippen molar-refractivity contribution < 1.29 is 28.9 Å². The smallest absolute Gasteiger partial charge is 0.341 e. The molecule has 3 aromatic rings. The van der Waals surface area contributed by atoms with E-state index in [1.165, 1.54) is 13.2 Å². The van der Waals surface area contributed by atoms with Gasteiger partial charge in [-0.3, -0.25) is 0 Å². The van der Waals surface area contributed by atoms with Crippen LogP contribution in [0.1, 0.15) is 20.7 Å². The number of rotatable bonds is 3. The Bertz CT molecular complexity index is 1020. The second kappa shape index (κ2) is 5.52. The molecule has 1 N–H and O–H groups in total. The first-order valence-corrected chi connectivity index (χ1v) is 7.32. The first-order chi connectivity index (χ1) is 12.1. The quantitative estimate of drug-likeness (QED) is 0.730. The third-order valence-corrected chi connectivity index (χ3v) is 3.95. The molecule has 0 fully saturated rings. The van der Waals surface area contributed by atoms with Crippen molar-refractivity contribution in [3.05, 3.63) is 47.8 Å². The zero-order chi connectivity index (χ0) is 17.6. The van der Waals surface area contributed by atoms with Crippen LogP contribution in [-0.4, -0.2) is 40.3 Å². The molecule has 0 saturated heterocycles. The van der Waals surface area contributed by atoms with Crippen LogP contribution in [0, 0.1) is 0 Å². The van der Waals surface area contributed by atoms with E-state index in [2.05, 4.69) is 4.98 Å². The zero-order valence-corrected chi connectivity index (χ0v) is 13.1. The number of hydrogen-bond acceptors (Lipinski definition) is 6. The van der Waals surface area contributed by atoms with E-state index in [1.807, 2.05) is 0 Å². The van der Waals surface area contributed by atoms with E-state index < -0.39 is 11.9 Å². The van der Waals surface area contributed by atoms with Gasteiger partial charge in [0.1, 0.15) is 5.56 Å². The molecule has 8 heteroatoms. The van der Waals surface area contributed by atoms with Gasteiger partial charge in [-0.05, 0) is 24.3 Å². The molecule has 0 bridgehead atoms. The van der Waals surface area contributed by atoms with Crippen LogP contribution in [-0.2, 0) is 4.74 Å². The van der Waals surface area contributed by atoms with Crippen LogP contribution in [0.4, 0.5) is 0 Å². The standard InChI is InChI=1S/C17H12N2O6/c1-23-17(22)11-5-12(19-4-2-3-18-15(11)19)9-6-13-14(25-8-24-13)7-10(9)16(20)21/h2-7H,8H2,1H3,(H,20,21). The number of carboxylic acids is 1. The number of methoxy groups -OCH3 is 1. The Kier molecular flexibility index (Phi) is 3.31. The number of fused-ring (bicyclic) bond motifs is 2. The minimum absolute atomic E-state index is 0.0295. The fourth-order valence-corrected chi connectivity index (χ4v) is 2.83. The van der Waals surface area contributed by atoms with Crippen molar-refractivity contribution in [3.8, 4) is 22.8 Å². The first-order valence-electron chi connectivity index (χ1n) is 7.32. The number of esters is 1. The summed E-state index contributed by atoms with van der Waals surface area (Å²) in [5, 5.41) is 9.58. The number of carbonyl (C=O) groups is 2. The van der Waals surface area contributed by atoms with Crippen LogP contribution < -0.4 is 9.47 Å². The summed E-state index contributed by atoms with van der Waals surface area (Å²) in [5.74, 6) is -0.862. The Morgan fingerprint density at radius 2 is 1.96 bits per heavy atom. The molecule has 0 spiro atoms. The summed E-state index contributed by atoms with van der Waals surface area (Å²) in [7, 11) is 1.28. The van der Waals surface area contributed by atoms with Crippen LogP contribution >= 0.6 is 0 Å². The number of aromatic nitrogens is 2. The number of ether oxygens (including phenoxy) is 3. The summed E-state index contributed by atoms with van der Waals surface area (Å²) in [5.41, 5.74) is 1.52. The van der Waals surface area contributed by atoms with Crippen molar-refractivity contribution in [1.29, 1.82) is 0 Å². The predicted molar refractivity (Wildman–Crippen MR) is 85.0 cm³/mol. The third kappa shape index (κ3) is 2.26. The van der Waals surface area contributed by atoms with E-state index in [9.17, 15) is 14.7 Å². The molecule has 2 aromatic heterocycles. The van der Waals surface area contributed by atoms with Gasteiger partial charge in [0.2, 0.25) is 6.79 Å². The Morgan fingerprint density at radius 3 is 2.68 bits per heavy atom. The predicted octanol–water partition coefficient (Wildman–Crippen LogP) is 2.21. The fraction of sp³-hybridized carbons (Fsp3) is 0.118. The van der Waals surface area contributed by atoms with E-state index >= 15 is 0 Å². The Balaban J connectivity index is 2.02. The van der Waals surface area contributed by atoms with Gasteiger partial charge in [-0.25, -0.2) is 14.6 Å². The topological polar surface area (TPSA) is 99.4 Å². The van der Waals surface area contributed by atoms with Crippen LogP contribution in [0.5, 0.6) is 11.5 Å². The molecule has 0 atom stereocenters. The highest BCUT2D eigenvalue weighted by Gasteiger charge is 2.25. The fourth-order valence-electron chi connectivity index (χ4n) is 2.83. The van der Waals surface area contributed by atoms with Gasteiger partial charge in [0, 0.05) is 18.0 Å². The summed E-state index contributed by atoms with van der Waals surface area (Å²) >= 11 is 0. The van der Waals surface area contributed by atoms with Gasteiger partial charge in [-0.15, -0.1) is 0 Å². The minimum atomic E-state index is -1.12. The lowest BCUT2D eigenvalue weighted by Gasteiger charge is -2.08. The molecule has 8 nitrogen and oxygen atoms in total. The molecule has 3 heterocycles. The molecule has 0 amide bonds. The molecular weight excluding hydrogens is 328 g/mol. The van der Waals surface area contributed by atoms with E-state index in [4.69, 9.17) is 14.2 Å². The number of carboxylic acid groups (broad SMARTS) is 1. The number of nitrogens with zero attached hydrogens (tertiary/aromatic N) is 2. The van der Waals surface area contributed by atoms with Crippen LogP contribution in [0.3, 0.4) is 0 Å². The number of carbonyl (C=O) groups excluding carboxylic acids is 1. The molecule has 25 heavy (non-hydrogen) atoms. The first kappa shape index (κ1) is 15.0. The van der Waals surface area contributed by atoms with E-state index in [0.717, 1.165) is 0 Å². The Labute approximate surface area is 141 Å². The average molecular weight is 340 g/mol. The number of benzene rings is 1. The van der Waals surface area contributed by atoms with Crippen molar-refractivity contribution in [2.45, 2.75) is 0 Å². The summed E-state index contributed by atoms with van der Waals surface area (Å²) in [6, 6.07) is 6.23. The van der Waals surface area contributed by atoms with Crippen molar-refractivity contribution >= 4 is 17.6 Å². The molecule has 1 aliphatic rings. The van der Waals surface area contributed by atoms with Gasteiger partial charge in [-0.1, -0.05) is 0 Å². The molecule has 0 unspecified atom stereocenters. The van der Waals surface area contributed by atoms with Crippen molar-refractivity contribution in [2.24, 2.45) is 0 Å². The van der Waals surface area contributed by atoms with Crippen LogP contribution in [0.15, 0.2) is 36.7 Å². The van der Waals surface area contributed by atoms with E-state index in [-0.39, 0.29) is 17.9 Å². The Morgan fingerprint density at radius 1 is 1.20 bits per heavy atom. The molecular formula is C17H12N2O6. The highest BCUT2D eigenvalue weighted by Crippen LogP contribution is 2.39. The van der Waals surface area contributed by atoms with Gasteiger partial charge in [-0.2, -0.15) is 0 Å². The van der Waals surface area contributed by atoms with Crippen molar-refractivity contribution in [1.82, 2.24) is 9.38 Å². The van der Waals surface area contributed by atoms with Gasteiger partial charge < -0.3 is 23.7 Å². The molecule has 1 aliphatic heterocycles. The molecule has 0 aliphatic carbocycles. The summed E-state index contributed by atoms with van der Waals surface area (Å²) in [6.45, 7) is 0.0295. The van der Waals surface area contributed by atoms with E-state index in [0.29, 0.717) is 28.4 Å². The van der Waals surface area contributed by atoms with Gasteiger partial charge in [0.15, 0.2) is 17.1 Å².